The van der Waals surface area contributed by atoms with Crippen molar-refractivity contribution in [3.63, 3.8) is 0 Å². The van der Waals surface area contributed by atoms with Gasteiger partial charge in [0.15, 0.2) is 5.58 Å². The minimum absolute atomic E-state index is 0. The molecule has 4 nitrogen and oxygen atoms in total. The number of H-pyrrole nitrogens is 1. The lowest BCUT2D eigenvalue weighted by Crippen LogP contribution is -2.40. The number of nitrogens with zero attached hydrogens (tertiary/aromatic N) is 1. The van der Waals surface area contributed by atoms with Crippen LogP contribution in [0, 0.1) is 0 Å². The number of rotatable bonds is 2. The number of oxazole rings is 1. The smallest absolute Gasteiger partial charge is 0.406 e. The quantitative estimate of drug-likeness (QED) is 0.881. The van der Waals surface area contributed by atoms with Gasteiger partial charge in [0.2, 0.25) is 0 Å². The lowest BCUT2D eigenvalue weighted by Gasteiger charge is -2.36. The maximum atomic E-state index is 11.3. The molecule has 4 rings (SSSR count). The number of hydrogen-bond acceptors (Lipinski definition) is 4. The Kier molecular flexibility index (Phi) is 4.52. The van der Waals surface area contributed by atoms with E-state index < -0.39 is 5.76 Å². The molecular weight excluding hydrogens is 343 g/mol. The van der Waals surface area contributed by atoms with Gasteiger partial charge in [-0.15, -0.1) is 24.2 Å². The number of benzene rings is 1. The minimum atomic E-state index is -0.452. The monoisotopic (exact) mass is 360 g/mol. The summed E-state index contributed by atoms with van der Waals surface area (Å²) in [4.78, 5) is 17.5. The molecule has 0 aliphatic carbocycles. The van der Waals surface area contributed by atoms with E-state index in [1.807, 2.05) is 23.9 Å². The van der Waals surface area contributed by atoms with Crippen molar-refractivity contribution in [2.75, 3.05) is 7.05 Å². The highest BCUT2D eigenvalue weighted by atomic mass is 35.5. The molecule has 120 valence electrons. The molecule has 2 aliphatic rings. The summed E-state index contributed by atoms with van der Waals surface area (Å²) in [5.41, 5.74) is 1.14. The normalized spacial score (nSPS) is 28.0. The topological polar surface area (TPSA) is 49.2 Å². The molecule has 0 spiro atoms. The maximum absolute atomic E-state index is 11.3. The van der Waals surface area contributed by atoms with E-state index in [9.17, 15) is 4.79 Å². The number of aromatic nitrogens is 1. The highest BCUT2D eigenvalue weighted by Gasteiger charge is 2.38. The third-order valence-electron chi connectivity index (χ3n) is 4.84. The molecule has 2 bridgehead atoms. The first kappa shape index (κ1) is 16.2. The number of nitrogens with one attached hydrogen (secondary N) is 1. The predicted octanol–water partition coefficient (Wildman–Crippen LogP) is 3.91. The number of halogens is 2. The number of thioether (sulfide) groups is 1. The molecule has 0 radical (unpaired) electrons. The van der Waals surface area contributed by atoms with Crippen molar-refractivity contribution < 1.29 is 4.42 Å². The third kappa shape index (κ3) is 2.68. The number of aromatic amines is 1. The van der Waals surface area contributed by atoms with Crippen LogP contribution in [0.15, 0.2) is 26.2 Å². The van der Waals surface area contributed by atoms with Crippen LogP contribution < -0.4 is 5.76 Å². The van der Waals surface area contributed by atoms with Crippen molar-refractivity contribution in [3.8, 4) is 0 Å². The Labute approximate surface area is 144 Å². The van der Waals surface area contributed by atoms with E-state index in [4.69, 9.17) is 16.0 Å². The van der Waals surface area contributed by atoms with E-state index in [1.54, 1.807) is 0 Å². The molecule has 22 heavy (non-hydrogen) atoms. The summed E-state index contributed by atoms with van der Waals surface area (Å²) in [7, 11) is 2.25. The van der Waals surface area contributed by atoms with Gasteiger partial charge in [-0.05, 0) is 44.9 Å². The number of fused-ring (bicyclic) bond motifs is 3. The van der Waals surface area contributed by atoms with E-state index in [1.165, 1.54) is 25.7 Å². The SMILES string of the molecule is CN1[C@@H]2CC[C@H]1CC(Sc1ccc3[nH]c(=O)oc3c1Cl)C2.Cl. The summed E-state index contributed by atoms with van der Waals surface area (Å²) in [5.74, 6) is -0.452. The first-order chi connectivity index (χ1) is 10.1. The fourth-order valence-corrected chi connectivity index (χ4v) is 5.37. The Hall–Kier alpha value is -0.620. The predicted molar refractivity (Wildman–Crippen MR) is 92.5 cm³/mol. The van der Waals surface area contributed by atoms with Gasteiger partial charge in [0.05, 0.1) is 10.5 Å². The van der Waals surface area contributed by atoms with Crippen molar-refractivity contribution in [1.29, 1.82) is 0 Å². The highest BCUT2D eigenvalue weighted by Crippen LogP contribution is 2.43. The number of piperidine rings is 1. The number of hydrogen-bond donors (Lipinski definition) is 1. The van der Waals surface area contributed by atoms with Gasteiger partial charge < -0.3 is 9.32 Å². The Morgan fingerprint density at radius 2 is 2.00 bits per heavy atom. The van der Waals surface area contributed by atoms with Crippen LogP contribution in [0.25, 0.3) is 11.1 Å². The van der Waals surface area contributed by atoms with E-state index >= 15 is 0 Å². The fraction of sp³-hybridized carbons (Fsp3) is 0.533. The van der Waals surface area contributed by atoms with Gasteiger partial charge in [0.1, 0.15) is 0 Å². The molecule has 3 atom stereocenters. The van der Waals surface area contributed by atoms with E-state index in [2.05, 4.69) is 16.9 Å². The molecule has 2 fully saturated rings. The molecule has 0 amide bonds. The zero-order valence-electron chi connectivity index (χ0n) is 12.2. The first-order valence-electron chi connectivity index (χ1n) is 7.31. The van der Waals surface area contributed by atoms with Crippen LogP contribution in [-0.4, -0.2) is 34.3 Å². The standard InChI is InChI=1S/C15H17ClN2O2S.ClH/c1-18-8-2-3-9(18)7-10(6-8)21-12-5-4-11-14(13(12)16)20-15(19)17-11;/h4-5,8-10H,2-3,6-7H2,1H3,(H,17,19);1H/t8-,9+,10?;. The van der Waals surface area contributed by atoms with Gasteiger partial charge in [-0.2, -0.15) is 0 Å². The molecule has 1 aromatic carbocycles. The Morgan fingerprint density at radius 3 is 2.68 bits per heavy atom. The van der Waals surface area contributed by atoms with Crippen molar-refractivity contribution >= 4 is 46.9 Å². The molecule has 1 unspecified atom stereocenters. The molecule has 0 saturated carbocycles. The Bertz CT molecular complexity index is 731. The zero-order valence-corrected chi connectivity index (χ0v) is 14.6. The Morgan fingerprint density at radius 1 is 1.32 bits per heavy atom. The summed E-state index contributed by atoms with van der Waals surface area (Å²) >= 11 is 8.24. The van der Waals surface area contributed by atoms with Crippen LogP contribution in [0.4, 0.5) is 0 Å². The summed E-state index contributed by atoms with van der Waals surface area (Å²) < 4.78 is 5.14. The van der Waals surface area contributed by atoms with Crippen LogP contribution in [0.3, 0.4) is 0 Å². The molecular formula is C15H18Cl2N2O2S. The molecule has 1 N–H and O–H groups in total. The second kappa shape index (κ2) is 6.11. The molecule has 3 heterocycles. The second-order valence-corrected chi connectivity index (χ2v) is 7.75. The van der Waals surface area contributed by atoms with Crippen LogP contribution in [0.5, 0.6) is 0 Å². The van der Waals surface area contributed by atoms with E-state index in [-0.39, 0.29) is 12.4 Å². The van der Waals surface area contributed by atoms with Crippen LogP contribution in [0.1, 0.15) is 25.7 Å². The Balaban J connectivity index is 0.00000144. The molecule has 7 heteroatoms. The molecule has 2 aliphatic heterocycles. The second-order valence-electron chi connectivity index (χ2n) is 6.03. The first-order valence-corrected chi connectivity index (χ1v) is 8.57. The van der Waals surface area contributed by atoms with Gasteiger partial charge in [-0.25, -0.2) is 4.79 Å². The average Bonchev–Trinajstić information content (AvgIpc) is 2.90. The summed E-state index contributed by atoms with van der Waals surface area (Å²) in [6, 6.07) is 5.29. The summed E-state index contributed by atoms with van der Waals surface area (Å²) in [5, 5.41) is 1.15. The molecule has 1 aromatic heterocycles. The summed E-state index contributed by atoms with van der Waals surface area (Å²) in [6.45, 7) is 0. The van der Waals surface area contributed by atoms with Crippen molar-refractivity contribution in [3.05, 3.63) is 27.7 Å². The highest BCUT2D eigenvalue weighted by molar-refractivity contribution is 8.00. The minimum Gasteiger partial charge on any atom is -0.406 e. The van der Waals surface area contributed by atoms with Gasteiger partial charge in [0.25, 0.3) is 0 Å². The largest absolute Gasteiger partial charge is 0.417 e. The van der Waals surface area contributed by atoms with Crippen molar-refractivity contribution in [2.45, 2.75) is 47.9 Å². The van der Waals surface area contributed by atoms with Crippen LogP contribution in [-0.2, 0) is 0 Å². The van der Waals surface area contributed by atoms with E-state index in [0.29, 0.717) is 33.5 Å². The van der Waals surface area contributed by atoms with Crippen LogP contribution in [0.2, 0.25) is 5.02 Å². The fourth-order valence-electron chi connectivity index (χ4n) is 3.69. The van der Waals surface area contributed by atoms with Crippen molar-refractivity contribution in [2.24, 2.45) is 0 Å². The van der Waals surface area contributed by atoms with E-state index in [0.717, 1.165) is 4.90 Å². The lowest BCUT2D eigenvalue weighted by molar-refractivity contribution is 0.183. The maximum Gasteiger partial charge on any atom is 0.417 e. The molecule has 2 aromatic rings. The molecule has 2 saturated heterocycles. The van der Waals surface area contributed by atoms with Crippen LogP contribution >= 0.6 is 35.8 Å². The summed E-state index contributed by atoms with van der Waals surface area (Å²) in [6.07, 6.45) is 5.06. The third-order valence-corrected chi connectivity index (χ3v) is 6.64. The van der Waals surface area contributed by atoms with Gasteiger partial charge in [-0.1, -0.05) is 11.6 Å². The zero-order chi connectivity index (χ0) is 14.6. The lowest BCUT2D eigenvalue weighted by atomic mass is 10.0. The van der Waals surface area contributed by atoms with Crippen molar-refractivity contribution in [1.82, 2.24) is 9.88 Å². The average molecular weight is 361 g/mol. The van der Waals surface area contributed by atoms with Gasteiger partial charge >= 0.3 is 5.76 Å². The van der Waals surface area contributed by atoms with Gasteiger partial charge in [-0.3, -0.25) is 4.98 Å². The van der Waals surface area contributed by atoms with Gasteiger partial charge in [0, 0.05) is 22.2 Å².